The topological polar surface area (TPSA) is 53.5 Å². The number of halogens is 1. The zero-order valence-electron chi connectivity index (χ0n) is 23.1. The molecule has 0 radical (unpaired) electrons. The van der Waals surface area contributed by atoms with Crippen LogP contribution >= 0.6 is 0 Å². The van der Waals surface area contributed by atoms with E-state index in [9.17, 15) is 9.18 Å². The fourth-order valence-electron chi connectivity index (χ4n) is 2.73. The average molecular weight is 488 g/mol. The summed E-state index contributed by atoms with van der Waals surface area (Å²) in [5.74, 6) is 0.0761. The third-order valence-corrected chi connectivity index (χ3v) is 5.15. The standard InChI is InChI=1S/C18H22N2O.C6H15N.C3H5F.C2H4O/c1-4-6-8-14-9-7-10-15-13-20(3)18(21)17(15)11-16(5-2)19-12-14;1-5-7(4)6(2)3;1-2-3-4;1-2-3/h4,7,9-12H,1,5-6,8,13H2,2-3H3;6H,5H2,1-4H3;2-3H,1H3;2H,1H3/b;;3-2+;. The second kappa shape index (κ2) is 21.7. The molecule has 1 aromatic rings. The van der Waals surface area contributed by atoms with Gasteiger partial charge in [-0.05, 0) is 77.7 Å². The van der Waals surface area contributed by atoms with Gasteiger partial charge < -0.3 is 14.6 Å². The van der Waals surface area contributed by atoms with E-state index in [0.717, 1.165) is 48.9 Å². The molecule has 0 saturated carbocycles. The first-order chi connectivity index (χ1) is 16.7. The number of allylic oxidation sites excluding steroid dienone is 2. The van der Waals surface area contributed by atoms with Gasteiger partial charge in [-0.1, -0.05) is 44.2 Å². The maximum Gasteiger partial charge on any atom is 0.254 e. The number of aromatic nitrogens is 1. The van der Waals surface area contributed by atoms with Crippen LogP contribution in [0.1, 0.15) is 75.1 Å². The van der Waals surface area contributed by atoms with Crippen LogP contribution in [0.4, 0.5) is 4.39 Å². The maximum absolute atomic E-state index is 12.2. The molecular weight excluding hydrogens is 441 g/mol. The lowest BCUT2D eigenvalue weighted by Gasteiger charge is -2.17. The summed E-state index contributed by atoms with van der Waals surface area (Å²) in [5, 5.41) is 0. The normalized spacial score (nSPS) is 11.4. The smallest absolute Gasteiger partial charge is 0.254 e. The zero-order valence-corrected chi connectivity index (χ0v) is 23.1. The first-order valence-electron chi connectivity index (χ1n) is 12.2. The monoisotopic (exact) mass is 487 g/mol. The Labute approximate surface area is 213 Å². The van der Waals surface area contributed by atoms with Crippen molar-refractivity contribution in [3.8, 4) is 0 Å². The van der Waals surface area contributed by atoms with Crippen molar-refractivity contribution in [3.63, 3.8) is 0 Å². The van der Waals surface area contributed by atoms with E-state index in [1.54, 1.807) is 11.8 Å². The van der Waals surface area contributed by atoms with Gasteiger partial charge in [0, 0.05) is 37.1 Å². The van der Waals surface area contributed by atoms with Crippen molar-refractivity contribution in [2.45, 2.75) is 73.4 Å². The van der Waals surface area contributed by atoms with Crippen LogP contribution in [0.2, 0.25) is 0 Å². The summed E-state index contributed by atoms with van der Waals surface area (Å²) in [6.45, 7) is 17.3. The molecule has 0 N–H and O–H groups in total. The van der Waals surface area contributed by atoms with E-state index in [4.69, 9.17) is 4.79 Å². The van der Waals surface area contributed by atoms with Gasteiger partial charge in [-0.25, -0.2) is 4.39 Å². The Morgan fingerprint density at radius 1 is 1.26 bits per heavy atom. The van der Waals surface area contributed by atoms with E-state index in [2.05, 4.69) is 57.3 Å². The van der Waals surface area contributed by atoms with Crippen molar-refractivity contribution >= 4 is 12.2 Å². The van der Waals surface area contributed by atoms with Gasteiger partial charge in [0.05, 0.1) is 6.33 Å². The number of carbonyl (C=O) groups is 2. The third-order valence-electron chi connectivity index (χ3n) is 5.15. The van der Waals surface area contributed by atoms with Crippen molar-refractivity contribution in [2.75, 3.05) is 20.6 Å². The Morgan fingerprint density at radius 3 is 2.29 bits per heavy atom. The minimum absolute atomic E-state index is 0.0761. The van der Waals surface area contributed by atoms with E-state index in [1.807, 2.05) is 37.5 Å². The van der Waals surface area contributed by atoms with Crippen molar-refractivity contribution < 1.29 is 14.0 Å². The second-order valence-corrected chi connectivity index (χ2v) is 8.14. The molecule has 0 spiro atoms. The first kappa shape index (κ1) is 34.3. The number of aryl methyl sites for hydroxylation is 2. The molecule has 0 bridgehead atoms. The molecule has 2 rings (SSSR count). The van der Waals surface area contributed by atoms with Crippen LogP contribution in [0, 0.1) is 0 Å². The van der Waals surface area contributed by atoms with Crippen molar-refractivity contribution in [1.29, 1.82) is 0 Å². The van der Waals surface area contributed by atoms with Crippen molar-refractivity contribution in [3.05, 3.63) is 77.9 Å². The molecule has 0 unspecified atom stereocenters. The number of hydrogen-bond acceptors (Lipinski definition) is 4. The number of nitrogens with zero attached hydrogens (tertiary/aromatic N) is 3. The molecule has 1 aliphatic heterocycles. The Bertz CT molecular complexity index is 833. The lowest BCUT2D eigenvalue weighted by molar-refractivity contribution is -0.106. The van der Waals surface area contributed by atoms with Crippen LogP contribution in [-0.2, 0) is 24.2 Å². The number of amides is 1. The van der Waals surface area contributed by atoms with Gasteiger partial charge in [-0.2, -0.15) is 0 Å². The largest absolute Gasteiger partial charge is 0.337 e. The average Bonchev–Trinajstić information content (AvgIpc) is 3.12. The van der Waals surface area contributed by atoms with Crippen LogP contribution < -0.4 is 0 Å². The molecule has 5 nitrogen and oxygen atoms in total. The molecule has 6 heteroatoms. The van der Waals surface area contributed by atoms with Crippen molar-refractivity contribution in [2.24, 2.45) is 0 Å². The summed E-state index contributed by atoms with van der Waals surface area (Å²) >= 11 is 0. The van der Waals surface area contributed by atoms with E-state index in [-0.39, 0.29) is 5.91 Å². The third kappa shape index (κ3) is 15.6. The summed E-state index contributed by atoms with van der Waals surface area (Å²) in [4.78, 5) is 29.6. The molecule has 1 aliphatic rings. The lowest BCUT2D eigenvalue weighted by Crippen LogP contribution is -2.25. The summed E-state index contributed by atoms with van der Waals surface area (Å²) in [5.41, 5.74) is 3.94. The number of carbonyl (C=O) groups excluding carboxylic acids is 2. The molecule has 35 heavy (non-hydrogen) atoms. The summed E-state index contributed by atoms with van der Waals surface area (Å²) < 4.78 is 10.5. The summed E-state index contributed by atoms with van der Waals surface area (Å²) in [6.07, 6.45) is 9.07. The number of fused-ring (bicyclic) bond motifs is 1. The van der Waals surface area contributed by atoms with Gasteiger partial charge in [0.2, 0.25) is 0 Å². The lowest BCUT2D eigenvalue weighted by atomic mass is 10.1. The fraction of sp³-hybridized carbons (Fsp3) is 0.483. The molecule has 1 amide bonds. The summed E-state index contributed by atoms with van der Waals surface area (Å²) in [6, 6.07) is 8.74. The quantitative estimate of drug-likeness (QED) is 0.339. The van der Waals surface area contributed by atoms with E-state index >= 15 is 0 Å². The van der Waals surface area contributed by atoms with E-state index in [1.165, 1.54) is 18.6 Å². The van der Waals surface area contributed by atoms with Gasteiger partial charge in [-0.15, -0.1) is 6.58 Å². The molecule has 196 valence electrons. The molecule has 2 heterocycles. The highest BCUT2D eigenvalue weighted by molar-refractivity contribution is 5.97. The Hall–Kier alpha value is -2.86. The highest BCUT2D eigenvalue weighted by Gasteiger charge is 2.22. The van der Waals surface area contributed by atoms with Crippen LogP contribution in [-0.4, -0.2) is 53.7 Å². The summed E-state index contributed by atoms with van der Waals surface area (Å²) in [7, 11) is 3.96. The number of aldehydes is 1. The molecule has 0 fully saturated rings. The number of hydrogen-bond donors (Lipinski definition) is 0. The van der Waals surface area contributed by atoms with E-state index in [0.29, 0.717) is 18.9 Å². The molecule has 1 aromatic heterocycles. The van der Waals surface area contributed by atoms with Crippen LogP contribution in [0.5, 0.6) is 0 Å². The molecule has 0 aromatic carbocycles. The Balaban J connectivity index is 0. The van der Waals surface area contributed by atoms with Gasteiger partial charge in [0.25, 0.3) is 5.91 Å². The first-order valence-corrected chi connectivity index (χ1v) is 12.2. The highest BCUT2D eigenvalue weighted by atomic mass is 19.1. The highest BCUT2D eigenvalue weighted by Crippen LogP contribution is 2.20. The van der Waals surface area contributed by atoms with E-state index < -0.39 is 0 Å². The number of rotatable bonds is 6. The SMILES string of the molecule is C/C=C/F.C=CCCc1cccc2c(cc(CC)nc1)C(=O)N(C)C2.CC=O.CCN(C)C(C)C. The molecule has 0 saturated heterocycles. The van der Waals surface area contributed by atoms with Gasteiger partial charge in [0.1, 0.15) is 6.29 Å². The predicted molar refractivity (Wildman–Crippen MR) is 147 cm³/mol. The minimum atomic E-state index is 0.0761. The molecule has 0 aliphatic carbocycles. The van der Waals surface area contributed by atoms with Crippen LogP contribution in [0.25, 0.3) is 0 Å². The Kier molecular flexibility index (Phi) is 21.2. The Morgan fingerprint density at radius 2 is 1.86 bits per heavy atom. The van der Waals surface area contributed by atoms with Gasteiger partial charge in [0.15, 0.2) is 0 Å². The fourth-order valence-corrected chi connectivity index (χ4v) is 2.73. The van der Waals surface area contributed by atoms with Gasteiger partial charge in [-0.3, -0.25) is 9.78 Å². The van der Waals surface area contributed by atoms with Crippen molar-refractivity contribution in [1.82, 2.24) is 14.8 Å². The maximum atomic E-state index is 12.2. The second-order valence-electron chi connectivity index (χ2n) is 8.14. The predicted octanol–water partition coefficient (Wildman–Crippen LogP) is 6.51. The molecular formula is C29H46FN3O2. The van der Waals surface area contributed by atoms with Gasteiger partial charge >= 0.3 is 0 Å². The van der Waals surface area contributed by atoms with Crippen LogP contribution in [0.15, 0.2) is 55.5 Å². The van der Waals surface area contributed by atoms with Crippen LogP contribution in [0.3, 0.4) is 0 Å². The zero-order chi connectivity index (χ0) is 27.2. The minimum Gasteiger partial charge on any atom is -0.337 e. The molecule has 0 atom stereocenters.